The molecule has 0 spiro atoms. The lowest BCUT2D eigenvalue weighted by atomic mass is 10.0. The third-order valence-electron chi connectivity index (χ3n) is 4.59. The van der Waals surface area contributed by atoms with Gasteiger partial charge in [0.2, 0.25) is 5.91 Å². The van der Waals surface area contributed by atoms with Crippen LogP contribution < -0.4 is 10.9 Å². The van der Waals surface area contributed by atoms with Crippen LogP contribution in [0.1, 0.15) is 31.1 Å². The van der Waals surface area contributed by atoms with Gasteiger partial charge in [0.05, 0.1) is 17.3 Å². The number of aliphatic carboxylic acids is 1. The number of benzene rings is 1. The second-order valence-electron chi connectivity index (χ2n) is 6.39. The number of aryl methyl sites for hydroxylation is 1. The second kappa shape index (κ2) is 7.65. The summed E-state index contributed by atoms with van der Waals surface area (Å²) in [5, 5.41) is 11.5. The van der Waals surface area contributed by atoms with Crippen LogP contribution in [0.4, 0.5) is 4.39 Å². The number of nitrogens with one attached hydrogen (secondary N) is 1. The predicted octanol–water partition coefficient (Wildman–Crippen LogP) is 0.772. The van der Waals surface area contributed by atoms with Gasteiger partial charge in [-0.05, 0) is 25.0 Å². The zero-order valence-electron chi connectivity index (χ0n) is 14.4. The zero-order valence-corrected chi connectivity index (χ0v) is 14.4. The minimum atomic E-state index is -1.48. The summed E-state index contributed by atoms with van der Waals surface area (Å²) in [6.45, 7) is -1.38. The summed E-state index contributed by atoms with van der Waals surface area (Å²) in [5.41, 5.74) is 0.160. The van der Waals surface area contributed by atoms with Gasteiger partial charge in [-0.3, -0.25) is 23.7 Å². The Morgan fingerprint density at radius 3 is 2.78 bits per heavy atom. The first-order valence-electron chi connectivity index (χ1n) is 8.53. The lowest BCUT2D eigenvalue weighted by molar-refractivity contribution is -0.140. The van der Waals surface area contributed by atoms with Crippen LogP contribution in [0.25, 0.3) is 10.9 Å². The van der Waals surface area contributed by atoms with Crippen LogP contribution in [0.3, 0.4) is 0 Å². The van der Waals surface area contributed by atoms with Crippen molar-refractivity contribution in [1.82, 2.24) is 14.9 Å². The minimum absolute atomic E-state index is 0.336. The van der Waals surface area contributed by atoms with E-state index in [2.05, 4.69) is 10.3 Å². The number of rotatable bonds is 6. The smallest absolute Gasteiger partial charge is 0.305 e. The molecule has 0 saturated heterocycles. The second-order valence-corrected chi connectivity index (χ2v) is 6.39. The van der Waals surface area contributed by atoms with Crippen LogP contribution in [0.15, 0.2) is 29.1 Å². The Balaban J connectivity index is 1.96. The maximum absolute atomic E-state index is 12.9. The number of nitrogens with zero attached hydrogens (tertiary/aromatic N) is 2. The largest absolute Gasteiger partial charge is 0.481 e. The number of amides is 1. The van der Waals surface area contributed by atoms with Crippen molar-refractivity contribution in [1.29, 1.82) is 0 Å². The number of fused-ring (bicyclic) bond motifs is 2. The third-order valence-corrected chi connectivity index (χ3v) is 4.59. The fourth-order valence-corrected chi connectivity index (χ4v) is 3.30. The highest BCUT2D eigenvalue weighted by atomic mass is 19.1. The molecule has 1 aliphatic heterocycles. The standard InChI is InChI=1S/C18H18FN3O5/c19-9-14(23)12(8-16(24)25)21-17(26)13-6-3-7-15-20-11-5-2-1-4-10(11)18(27)22(13)15/h1-2,4-5,12-13H,3,6-9H2,(H,21,26)(H,24,25)/t12?,13-/m0/s1. The molecule has 27 heavy (non-hydrogen) atoms. The number of hydrogen-bond acceptors (Lipinski definition) is 5. The van der Waals surface area contributed by atoms with Gasteiger partial charge < -0.3 is 10.4 Å². The molecule has 3 rings (SSSR count). The van der Waals surface area contributed by atoms with E-state index in [4.69, 9.17) is 5.11 Å². The van der Waals surface area contributed by atoms with Crippen molar-refractivity contribution in [2.24, 2.45) is 0 Å². The Morgan fingerprint density at radius 2 is 2.07 bits per heavy atom. The van der Waals surface area contributed by atoms with Crippen LogP contribution in [0, 0.1) is 0 Å². The SMILES string of the molecule is O=C(O)CC(NC(=O)[C@@H]1CCCc2nc3ccccc3c(=O)n21)C(=O)CF. The number of halogens is 1. The van der Waals surface area contributed by atoms with Crippen molar-refractivity contribution in [3.05, 3.63) is 40.4 Å². The molecule has 1 aromatic heterocycles. The van der Waals surface area contributed by atoms with E-state index in [-0.39, 0.29) is 5.56 Å². The van der Waals surface area contributed by atoms with E-state index in [1.807, 2.05) is 0 Å². The topological polar surface area (TPSA) is 118 Å². The van der Waals surface area contributed by atoms with Gasteiger partial charge >= 0.3 is 5.97 Å². The Morgan fingerprint density at radius 1 is 1.33 bits per heavy atom. The first-order chi connectivity index (χ1) is 12.9. The van der Waals surface area contributed by atoms with Crippen LogP contribution in [0.5, 0.6) is 0 Å². The molecule has 2 atom stereocenters. The van der Waals surface area contributed by atoms with E-state index in [9.17, 15) is 23.6 Å². The van der Waals surface area contributed by atoms with Gasteiger partial charge in [0.15, 0.2) is 5.78 Å². The summed E-state index contributed by atoms with van der Waals surface area (Å²) in [6.07, 6.45) is 0.733. The molecule has 0 saturated carbocycles. The first-order valence-corrected chi connectivity index (χ1v) is 8.53. The molecule has 0 bridgehead atoms. The Labute approximate surface area is 153 Å². The van der Waals surface area contributed by atoms with E-state index >= 15 is 0 Å². The van der Waals surface area contributed by atoms with Gasteiger partial charge in [-0.2, -0.15) is 0 Å². The summed E-state index contributed by atoms with van der Waals surface area (Å²) in [5.74, 6) is -2.60. The Kier molecular flexibility index (Phi) is 5.29. The molecular weight excluding hydrogens is 357 g/mol. The van der Waals surface area contributed by atoms with Gasteiger partial charge in [0, 0.05) is 6.42 Å². The van der Waals surface area contributed by atoms with Crippen molar-refractivity contribution in [3.63, 3.8) is 0 Å². The van der Waals surface area contributed by atoms with Crippen LogP contribution in [-0.4, -0.2) is 45.0 Å². The molecule has 142 valence electrons. The van der Waals surface area contributed by atoms with Gasteiger partial charge in [0.25, 0.3) is 5.56 Å². The van der Waals surface area contributed by atoms with Gasteiger partial charge in [-0.15, -0.1) is 0 Å². The number of para-hydroxylation sites is 1. The quantitative estimate of drug-likeness (QED) is 0.770. The van der Waals surface area contributed by atoms with E-state index in [1.165, 1.54) is 4.57 Å². The average molecular weight is 375 g/mol. The van der Waals surface area contributed by atoms with E-state index in [0.717, 1.165) is 0 Å². The molecule has 1 aromatic carbocycles. The first kappa shape index (κ1) is 18.7. The average Bonchev–Trinajstić information content (AvgIpc) is 2.66. The van der Waals surface area contributed by atoms with Crippen LogP contribution >= 0.6 is 0 Å². The number of carbonyl (C=O) groups is 3. The number of carboxylic acid groups (broad SMARTS) is 1. The van der Waals surface area contributed by atoms with E-state index < -0.39 is 42.8 Å². The highest BCUT2D eigenvalue weighted by Gasteiger charge is 2.32. The highest BCUT2D eigenvalue weighted by molar-refractivity contribution is 5.93. The van der Waals surface area contributed by atoms with Gasteiger partial charge in [-0.1, -0.05) is 12.1 Å². The molecule has 2 N–H and O–H groups in total. The van der Waals surface area contributed by atoms with E-state index in [1.54, 1.807) is 24.3 Å². The number of hydrogen-bond donors (Lipinski definition) is 2. The molecule has 0 aliphatic carbocycles. The van der Waals surface area contributed by atoms with E-state index in [0.29, 0.717) is 36.0 Å². The monoisotopic (exact) mass is 375 g/mol. The fraction of sp³-hybridized carbons (Fsp3) is 0.389. The Hall–Kier alpha value is -3.10. The molecule has 9 heteroatoms. The van der Waals surface area contributed by atoms with Crippen molar-refractivity contribution in [3.8, 4) is 0 Å². The van der Waals surface area contributed by atoms with Crippen molar-refractivity contribution < 1.29 is 23.9 Å². The van der Waals surface area contributed by atoms with Crippen molar-refractivity contribution in [2.45, 2.75) is 37.8 Å². The molecule has 1 unspecified atom stereocenters. The molecule has 1 amide bonds. The highest BCUT2D eigenvalue weighted by Crippen LogP contribution is 2.24. The minimum Gasteiger partial charge on any atom is -0.481 e. The van der Waals surface area contributed by atoms with Gasteiger partial charge in [-0.25, -0.2) is 9.37 Å². The summed E-state index contributed by atoms with van der Waals surface area (Å²) < 4.78 is 14.0. The van der Waals surface area contributed by atoms with Crippen molar-refractivity contribution in [2.75, 3.05) is 6.67 Å². The van der Waals surface area contributed by atoms with Crippen molar-refractivity contribution >= 4 is 28.6 Å². The molecular formula is C18H18FN3O5. The lowest BCUT2D eigenvalue weighted by Gasteiger charge is -2.28. The van der Waals surface area contributed by atoms with Crippen LogP contribution in [0.2, 0.25) is 0 Å². The summed E-state index contributed by atoms with van der Waals surface area (Å²) in [6, 6.07) is 4.37. The number of aromatic nitrogens is 2. The lowest BCUT2D eigenvalue weighted by Crippen LogP contribution is -2.48. The number of carbonyl (C=O) groups excluding carboxylic acids is 2. The maximum Gasteiger partial charge on any atom is 0.305 e. The Bertz CT molecular complexity index is 971. The molecule has 0 radical (unpaired) electrons. The molecule has 8 nitrogen and oxygen atoms in total. The summed E-state index contributed by atoms with van der Waals surface area (Å²) in [4.78, 5) is 52.5. The molecule has 1 aliphatic rings. The van der Waals surface area contributed by atoms with Crippen LogP contribution in [-0.2, 0) is 20.8 Å². The van der Waals surface area contributed by atoms with Gasteiger partial charge in [0.1, 0.15) is 24.6 Å². The maximum atomic E-state index is 12.9. The number of carboxylic acids is 1. The normalized spacial score (nSPS) is 17.1. The fourth-order valence-electron chi connectivity index (χ4n) is 3.30. The number of ketones is 1. The number of Topliss-reactive ketones (excluding diaryl/α,β-unsaturated/α-hetero) is 1. The molecule has 2 heterocycles. The third kappa shape index (κ3) is 3.71. The predicted molar refractivity (Wildman–Crippen MR) is 93.1 cm³/mol. The molecule has 0 fully saturated rings. The zero-order chi connectivity index (χ0) is 19.6. The number of alkyl halides is 1. The summed E-state index contributed by atoms with van der Waals surface area (Å²) in [7, 11) is 0. The molecule has 2 aromatic rings. The summed E-state index contributed by atoms with van der Waals surface area (Å²) >= 11 is 0.